The van der Waals surface area contributed by atoms with Crippen molar-refractivity contribution in [1.29, 1.82) is 0 Å². The molecule has 3 amide bonds. The molecule has 2 fully saturated rings. The first-order valence-electron chi connectivity index (χ1n) is 8.62. The van der Waals surface area contributed by atoms with Gasteiger partial charge >= 0.3 is 6.03 Å². The Bertz CT molecular complexity index is 593. The highest BCUT2D eigenvalue weighted by molar-refractivity contribution is 5.89. The van der Waals surface area contributed by atoms with E-state index in [4.69, 9.17) is 0 Å². The molecule has 1 aromatic carbocycles. The van der Waals surface area contributed by atoms with Crippen LogP contribution in [0.25, 0.3) is 0 Å². The Balaban J connectivity index is 1.44. The van der Waals surface area contributed by atoms with Crippen molar-refractivity contribution >= 4 is 17.6 Å². The van der Waals surface area contributed by atoms with Crippen LogP contribution >= 0.6 is 0 Å². The van der Waals surface area contributed by atoms with Crippen LogP contribution in [0.1, 0.15) is 26.2 Å². The molecule has 0 spiro atoms. The summed E-state index contributed by atoms with van der Waals surface area (Å²) in [5.41, 5.74) is 0.568. The first-order chi connectivity index (χ1) is 11.5. The molecule has 3 rings (SSSR count). The van der Waals surface area contributed by atoms with E-state index in [1.165, 1.54) is 37.1 Å². The Labute approximate surface area is 141 Å². The third-order valence-electron chi connectivity index (χ3n) is 4.94. The first-order valence-corrected chi connectivity index (χ1v) is 8.62. The molecular formula is C18H24FN3O2. The predicted octanol–water partition coefficient (Wildman–Crippen LogP) is 2.94. The summed E-state index contributed by atoms with van der Waals surface area (Å²) < 4.78 is 12.9. The molecule has 1 saturated heterocycles. The Kier molecular flexibility index (Phi) is 5.02. The van der Waals surface area contributed by atoms with Crippen molar-refractivity contribution in [3.63, 3.8) is 0 Å². The summed E-state index contributed by atoms with van der Waals surface area (Å²) >= 11 is 0. The minimum Gasteiger partial charge on any atom is -0.339 e. The standard InChI is InChI=1S/C18H24FN3O2/c1-13(14-2-3-14)12-17(23)21-8-10-22(11-9-21)18(24)20-16-6-4-15(19)5-7-16/h4-7,13-14H,2-3,8-12H2,1H3,(H,20,24). The smallest absolute Gasteiger partial charge is 0.321 e. The second-order valence-corrected chi connectivity index (χ2v) is 6.82. The zero-order chi connectivity index (χ0) is 17.1. The van der Waals surface area contributed by atoms with Gasteiger partial charge in [0.15, 0.2) is 0 Å². The van der Waals surface area contributed by atoms with Gasteiger partial charge in [-0.05, 0) is 48.9 Å². The third-order valence-corrected chi connectivity index (χ3v) is 4.94. The van der Waals surface area contributed by atoms with Gasteiger partial charge in [0, 0.05) is 38.3 Å². The minimum absolute atomic E-state index is 0.202. The molecule has 0 aromatic heterocycles. The molecule has 24 heavy (non-hydrogen) atoms. The lowest BCUT2D eigenvalue weighted by atomic mass is 10.0. The molecule has 2 aliphatic rings. The van der Waals surface area contributed by atoms with Crippen LogP contribution < -0.4 is 5.32 Å². The summed E-state index contributed by atoms with van der Waals surface area (Å²) in [6, 6.07) is 5.49. The number of halogens is 1. The summed E-state index contributed by atoms with van der Waals surface area (Å²) in [6.45, 7) is 4.36. The molecule has 1 aromatic rings. The van der Waals surface area contributed by atoms with Crippen molar-refractivity contribution < 1.29 is 14.0 Å². The highest BCUT2D eigenvalue weighted by Crippen LogP contribution is 2.38. The maximum atomic E-state index is 12.9. The van der Waals surface area contributed by atoms with E-state index in [-0.39, 0.29) is 17.8 Å². The van der Waals surface area contributed by atoms with Gasteiger partial charge < -0.3 is 15.1 Å². The van der Waals surface area contributed by atoms with Crippen molar-refractivity contribution in [3.05, 3.63) is 30.1 Å². The molecule has 6 heteroatoms. The van der Waals surface area contributed by atoms with E-state index in [0.29, 0.717) is 44.2 Å². The second kappa shape index (κ2) is 7.20. The average Bonchev–Trinajstić information content (AvgIpc) is 3.42. The van der Waals surface area contributed by atoms with Crippen LogP contribution in [0.3, 0.4) is 0 Å². The van der Waals surface area contributed by atoms with Gasteiger partial charge in [0.25, 0.3) is 0 Å². The zero-order valence-corrected chi connectivity index (χ0v) is 14.0. The fourth-order valence-electron chi connectivity index (χ4n) is 3.13. The Morgan fingerprint density at radius 1 is 1.12 bits per heavy atom. The molecule has 130 valence electrons. The first kappa shape index (κ1) is 16.7. The van der Waals surface area contributed by atoms with Crippen LogP contribution in [0, 0.1) is 17.7 Å². The molecular weight excluding hydrogens is 309 g/mol. The Morgan fingerprint density at radius 3 is 2.29 bits per heavy atom. The van der Waals surface area contributed by atoms with Crippen LogP contribution in [0.4, 0.5) is 14.9 Å². The number of benzene rings is 1. The van der Waals surface area contributed by atoms with Gasteiger partial charge in [-0.2, -0.15) is 0 Å². The summed E-state index contributed by atoms with van der Waals surface area (Å²) in [4.78, 5) is 28.1. The number of urea groups is 1. The zero-order valence-electron chi connectivity index (χ0n) is 14.0. The predicted molar refractivity (Wildman–Crippen MR) is 90.1 cm³/mol. The topological polar surface area (TPSA) is 52.7 Å². The number of piperazine rings is 1. The molecule has 1 aliphatic carbocycles. The van der Waals surface area contributed by atoms with Crippen LogP contribution in [0.15, 0.2) is 24.3 Å². The summed E-state index contributed by atoms with van der Waals surface area (Å²) in [7, 11) is 0. The SMILES string of the molecule is CC(CC(=O)N1CCN(C(=O)Nc2ccc(F)cc2)CC1)C1CC1. The van der Waals surface area contributed by atoms with E-state index < -0.39 is 0 Å². The van der Waals surface area contributed by atoms with Crippen molar-refractivity contribution in [2.24, 2.45) is 11.8 Å². The van der Waals surface area contributed by atoms with Gasteiger partial charge in [0.1, 0.15) is 5.82 Å². The number of rotatable bonds is 4. The molecule has 1 saturated carbocycles. The fraction of sp³-hybridized carbons (Fsp3) is 0.556. The molecule has 5 nitrogen and oxygen atoms in total. The lowest BCUT2D eigenvalue weighted by Gasteiger charge is -2.35. The van der Waals surface area contributed by atoms with E-state index in [9.17, 15) is 14.0 Å². The maximum absolute atomic E-state index is 12.9. The second-order valence-electron chi connectivity index (χ2n) is 6.82. The van der Waals surface area contributed by atoms with Gasteiger partial charge in [-0.3, -0.25) is 4.79 Å². The van der Waals surface area contributed by atoms with Crippen LogP contribution in [0.5, 0.6) is 0 Å². The highest BCUT2D eigenvalue weighted by atomic mass is 19.1. The highest BCUT2D eigenvalue weighted by Gasteiger charge is 2.31. The number of hydrogen-bond donors (Lipinski definition) is 1. The van der Waals surface area contributed by atoms with E-state index in [1.54, 1.807) is 4.90 Å². The number of anilines is 1. The number of amides is 3. The number of hydrogen-bond acceptors (Lipinski definition) is 2. The lowest BCUT2D eigenvalue weighted by molar-refractivity contribution is -0.133. The molecule has 1 aliphatic heterocycles. The van der Waals surface area contributed by atoms with E-state index in [0.717, 1.165) is 5.92 Å². The van der Waals surface area contributed by atoms with Crippen molar-refractivity contribution in [1.82, 2.24) is 9.80 Å². The molecule has 1 N–H and O–H groups in total. The van der Waals surface area contributed by atoms with Gasteiger partial charge in [0.2, 0.25) is 5.91 Å². The fourth-order valence-corrected chi connectivity index (χ4v) is 3.13. The Morgan fingerprint density at radius 2 is 1.71 bits per heavy atom. The average molecular weight is 333 g/mol. The quantitative estimate of drug-likeness (QED) is 0.921. The number of carbonyl (C=O) groups is 2. The lowest BCUT2D eigenvalue weighted by Crippen LogP contribution is -2.51. The number of nitrogens with one attached hydrogen (secondary N) is 1. The van der Waals surface area contributed by atoms with Gasteiger partial charge in [-0.15, -0.1) is 0 Å². The van der Waals surface area contributed by atoms with Crippen molar-refractivity contribution in [2.75, 3.05) is 31.5 Å². The molecule has 1 atom stereocenters. The van der Waals surface area contributed by atoms with Gasteiger partial charge in [-0.1, -0.05) is 6.92 Å². The van der Waals surface area contributed by atoms with E-state index in [1.807, 2.05) is 4.90 Å². The summed E-state index contributed by atoms with van der Waals surface area (Å²) in [6.07, 6.45) is 3.13. The molecule has 1 unspecified atom stereocenters. The van der Waals surface area contributed by atoms with E-state index in [2.05, 4.69) is 12.2 Å². The van der Waals surface area contributed by atoms with Crippen LogP contribution in [0.2, 0.25) is 0 Å². The molecule has 0 radical (unpaired) electrons. The summed E-state index contributed by atoms with van der Waals surface area (Å²) in [5.74, 6) is 1.07. The number of nitrogens with zero attached hydrogens (tertiary/aromatic N) is 2. The van der Waals surface area contributed by atoms with Crippen molar-refractivity contribution in [3.8, 4) is 0 Å². The Hall–Kier alpha value is -2.11. The monoisotopic (exact) mass is 333 g/mol. The normalized spacial score (nSPS) is 19.1. The maximum Gasteiger partial charge on any atom is 0.321 e. The van der Waals surface area contributed by atoms with Crippen LogP contribution in [-0.4, -0.2) is 47.9 Å². The summed E-state index contributed by atoms with van der Waals surface area (Å²) in [5, 5.41) is 2.76. The minimum atomic E-state index is -0.333. The van der Waals surface area contributed by atoms with Gasteiger partial charge in [-0.25, -0.2) is 9.18 Å². The van der Waals surface area contributed by atoms with E-state index >= 15 is 0 Å². The van der Waals surface area contributed by atoms with Gasteiger partial charge in [0.05, 0.1) is 0 Å². The molecule has 0 bridgehead atoms. The third kappa shape index (κ3) is 4.24. The van der Waals surface area contributed by atoms with Crippen LogP contribution in [-0.2, 0) is 4.79 Å². The van der Waals surface area contributed by atoms with Crippen molar-refractivity contribution in [2.45, 2.75) is 26.2 Å². The largest absolute Gasteiger partial charge is 0.339 e. The molecule has 1 heterocycles. The number of carbonyl (C=O) groups excluding carboxylic acids is 2.